The van der Waals surface area contributed by atoms with Crippen LogP contribution in [0.4, 0.5) is 0 Å². The molecule has 5 nitrogen and oxygen atoms in total. The highest BCUT2D eigenvalue weighted by atomic mass is 32.2. The van der Waals surface area contributed by atoms with Crippen molar-refractivity contribution >= 4 is 10.0 Å². The molecule has 0 aromatic heterocycles. The van der Waals surface area contributed by atoms with Gasteiger partial charge in [0, 0.05) is 25.7 Å². The van der Waals surface area contributed by atoms with E-state index in [2.05, 4.69) is 21.8 Å². The van der Waals surface area contributed by atoms with Gasteiger partial charge in [-0.2, -0.15) is 0 Å². The Bertz CT molecular complexity index is 548. The number of sulfonamides is 1. The first kappa shape index (κ1) is 17.4. The molecule has 1 fully saturated rings. The third kappa shape index (κ3) is 5.35. The average molecular weight is 326 g/mol. The minimum atomic E-state index is -3.21. The van der Waals surface area contributed by atoms with Gasteiger partial charge in [0.1, 0.15) is 0 Å². The summed E-state index contributed by atoms with van der Waals surface area (Å²) in [6, 6.07) is 10.1. The highest BCUT2D eigenvalue weighted by molar-refractivity contribution is 7.89. The summed E-state index contributed by atoms with van der Waals surface area (Å²) in [7, 11) is -3.21. The number of morpholine rings is 1. The van der Waals surface area contributed by atoms with Crippen molar-refractivity contribution in [1.29, 1.82) is 0 Å². The number of nitrogens with zero attached hydrogens (tertiary/aromatic N) is 1. The minimum absolute atomic E-state index is 0.107. The van der Waals surface area contributed by atoms with Crippen LogP contribution < -0.4 is 4.72 Å². The van der Waals surface area contributed by atoms with Crippen LogP contribution in [-0.2, 0) is 21.3 Å². The summed E-state index contributed by atoms with van der Waals surface area (Å²) in [6.07, 6.45) is 0.511. The molecule has 1 aliphatic heterocycles. The fraction of sp³-hybridized carbons (Fsp3) is 0.625. The summed E-state index contributed by atoms with van der Waals surface area (Å²) < 4.78 is 32.2. The molecule has 0 spiro atoms. The van der Waals surface area contributed by atoms with Gasteiger partial charge in [-0.05, 0) is 18.9 Å². The van der Waals surface area contributed by atoms with Crippen LogP contribution in [0.1, 0.15) is 25.8 Å². The molecule has 0 radical (unpaired) electrons. The lowest BCUT2D eigenvalue weighted by atomic mass is 10.1. The Morgan fingerprint density at radius 3 is 2.77 bits per heavy atom. The molecule has 1 saturated heterocycles. The Labute approximate surface area is 133 Å². The Kier molecular flexibility index (Phi) is 6.37. The molecule has 0 unspecified atom stereocenters. The lowest BCUT2D eigenvalue weighted by molar-refractivity contribution is -0.0427. The topological polar surface area (TPSA) is 58.6 Å². The van der Waals surface area contributed by atoms with Gasteiger partial charge in [0.05, 0.1) is 18.5 Å². The lowest BCUT2D eigenvalue weighted by Crippen LogP contribution is -2.52. The maximum atomic E-state index is 11.9. The largest absolute Gasteiger partial charge is 0.374 e. The standard InChI is InChI=1S/C16H26N2O3S/c1-3-11-22(19,20)17-14(2)16-13-18(9-10-21-16)12-15-7-5-4-6-8-15/h4-8,14,16-17H,3,9-13H2,1-2H3/t14-,16-/m0/s1. The molecule has 0 bridgehead atoms. The van der Waals surface area contributed by atoms with E-state index in [1.807, 2.05) is 32.0 Å². The van der Waals surface area contributed by atoms with Crippen LogP contribution in [0.2, 0.25) is 0 Å². The molecule has 0 amide bonds. The molecule has 2 rings (SSSR count). The normalized spacial score (nSPS) is 21.6. The summed E-state index contributed by atoms with van der Waals surface area (Å²) in [4.78, 5) is 2.31. The number of benzene rings is 1. The van der Waals surface area contributed by atoms with Crippen LogP contribution in [0.5, 0.6) is 0 Å². The van der Waals surface area contributed by atoms with Crippen molar-refractivity contribution in [3.05, 3.63) is 35.9 Å². The summed E-state index contributed by atoms with van der Waals surface area (Å²) in [5.74, 6) is 0.164. The highest BCUT2D eigenvalue weighted by Gasteiger charge is 2.27. The SMILES string of the molecule is CCCS(=O)(=O)N[C@@H](C)[C@@H]1CN(Cc2ccccc2)CCO1. The van der Waals surface area contributed by atoms with Crippen LogP contribution in [-0.4, -0.2) is 50.9 Å². The zero-order valence-corrected chi connectivity index (χ0v) is 14.2. The van der Waals surface area contributed by atoms with Crippen molar-refractivity contribution in [2.75, 3.05) is 25.4 Å². The van der Waals surface area contributed by atoms with E-state index in [1.165, 1.54) is 5.56 Å². The van der Waals surface area contributed by atoms with E-state index in [4.69, 9.17) is 4.74 Å². The van der Waals surface area contributed by atoms with Gasteiger partial charge in [-0.15, -0.1) is 0 Å². The third-order valence-corrected chi connectivity index (χ3v) is 5.50. The van der Waals surface area contributed by atoms with Crippen LogP contribution in [0.15, 0.2) is 30.3 Å². The average Bonchev–Trinajstić information content (AvgIpc) is 2.48. The number of nitrogens with one attached hydrogen (secondary N) is 1. The van der Waals surface area contributed by atoms with Gasteiger partial charge >= 0.3 is 0 Å². The van der Waals surface area contributed by atoms with Gasteiger partial charge < -0.3 is 4.74 Å². The molecule has 1 aliphatic rings. The van der Waals surface area contributed by atoms with Crippen molar-refractivity contribution in [2.45, 2.75) is 39.0 Å². The number of rotatable bonds is 7. The Morgan fingerprint density at radius 2 is 2.09 bits per heavy atom. The number of hydrogen-bond acceptors (Lipinski definition) is 4. The van der Waals surface area contributed by atoms with Crippen molar-refractivity contribution < 1.29 is 13.2 Å². The first-order valence-corrected chi connectivity index (χ1v) is 9.53. The monoisotopic (exact) mass is 326 g/mol. The maximum absolute atomic E-state index is 11.9. The Balaban J connectivity index is 1.90. The molecule has 6 heteroatoms. The zero-order valence-electron chi connectivity index (χ0n) is 13.4. The lowest BCUT2D eigenvalue weighted by Gasteiger charge is -2.36. The summed E-state index contributed by atoms with van der Waals surface area (Å²) in [6.45, 7) is 6.86. The minimum Gasteiger partial charge on any atom is -0.374 e. The second kappa shape index (κ2) is 8.06. The Morgan fingerprint density at radius 1 is 1.36 bits per heavy atom. The maximum Gasteiger partial charge on any atom is 0.211 e. The summed E-state index contributed by atoms with van der Waals surface area (Å²) >= 11 is 0. The quantitative estimate of drug-likeness (QED) is 0.827. The van der Waals surface area contributed by atoms with Crippen molar-refractivity contribution in [1.82, 2.24) is 9.62 Å². The van der Waals surface area contributed by atoms with Gasteiger partial charge in [0.25, 0.3) is 0 Å². The Hall–Kier alpha value is -0.950. The fourth-order valence-corrected chi connectivity index (χ4v) is 4.08. The molecule has 0 saturated carbocycles. The van der Waals surface area contributed by atoms with Crippen LogP contribution in [0.3, 0.4) is 0 Å². The molecule has 124 valence electrons. The molecule has 1 aromatic rings. The third-order valence-electron chi connectivity index (χ3n) is 3.82. The first-order chi connectivity index (χ1) is 10.5. The van der Waals surface area contributed by atoms with Crippen LogP contribution in [0.25, 0.3) is 0 Å². The van der Waals surface area contributed by atoms with Gasteiger partial charge in [0.15, 0.2) is 0 Å². The van der Waals surface area contributed by atoms with Crippen molar-refractivity contribution in [2.24, 2.45) is 0 Å². The number of ether oxygens (including phenoxy) is 1. The predicted octanol–water partition coefficient (Wildman–Crippen LogP) is 1.61. The second-order valence-corrected chi connectivity index (χ2v) is 7.73. The van der Waals surface area contributed by atoms with E-state index in [-0.39, 0.29) is 17.9 Å². The van der Waals surface area contributed by atoms with E-state index in [9.17, 15) is 8.42 Å². The van der Waals surface area contributed by atoms with Crippen molar-refractivity contribution in [3.63, 3.8) is 0 Å². The van der Waals surface area contributed by atoms with Gasteiger partial charge in [-0.3, -0.25) is 4.90 Å². The molecule has 0 aliphatic carbocycles. The summed E-state index contributed by atoms with van der Waals surface area (Å²) in [5, 5.41) is 0. The molecule has 1 aromatic carbocycles. The molecule has 22 heavy (non-hydrogen) atoms. The van der Waals surface area contributed by atoms with Crippen LogP contribution >= 0.6 is 0 Å². The van der Waals surface area contributed by atoms with Crippen LogP contribution in [0, 0.1) is 0 Å². The molecule has 1 heterocycles. The first-order valence-electron chi connectivity index (χ1n) is 7.88. The van der Waals surface area contributed by atoms with E-state index >= 15 is 0 Å². The van der Waals surface area contributed by atoms with Gasteiger partial charge in [-0.1, -0.05) is 37.3 Å². The predicted molar refractivity (Wildman–Crippen MR) is 88.1 cm³/mol. The fourth-order valence-electron chi connectivity index (χ4n) is 2.71. The van der Waals surface area contributed by atoms with E-state index in [1.54, 1.807) is 0 Å². The molecular weight excluding hydrogens is 300 g/mol. The smallest absolute Gasteiger partial charge is 0.211 e. The summed E-state index contributed by atoms with van der Waals surface area (Å²) in [5.41, 5.74) is 1.27. The molecule has 2 atom stereocenters. The molecule has 1 N–H and O–H groups in total. The number of hydrogen-bond donors (Lipinski definition) is 1. The van der Waals surface area contributed by atoms with E-state index < -0.39 is 10.0 Å². The van der Waals surface area contributed by atoms with E-state index in [0.29, 0.717) is 13.0 Å². The van der Waals surface area contributed by atoms with Gasteiger partial charge in [0.2, 0.25) is 10.0 Å². The zero-order chi connectivity index (χ0) is 16.0. The van der Waals surface area contributed by atoms with Gasteiger partial charge in [-0.25, -0.2) is 13.1 Å². The molecular formula is C16H26N2O3S. The highest BCUT2D eigenvalue weighted by Crippen LogP contribution is 2.13. The second-order valence-electron chi connectivity index (χ2n) is 5.86. The van der Waals surface area contributed by atoms with E-state index in [0.717, 1.165) is 19.6 Å². The van der Waals surface area contributed by atoms with Crippen molar-refractivity contribution in [3.8, 4) is 0 Å².